The molecule has 4 rings (SSSR count). The van der Waals surface area contributed by atoms with Gasteiger partial charge in [-0.15, -0.1) is 0 Å². The summed E-state index contributed by atoms with van der Waals surface area (Å²) in [6.45, 7) is 0. The fourth-order valence-electron chi connectivity index (χ4n) is 2.99. The van der Waals surface area contributed by atoms with Crippen LogP contribution in [0.5, 0.6) is 5.75 Å². The van der Waals surface area contributed by atoms with E-state index >= 15 is 0 Å². The molecule has 1 aromatic heterocycles. The Hall–Kier alpha value is -4.00. The molecular weight excluding hydrogens is 392 g/mol. The summed E-state index contributed by atoms with van der Waals surface area (Å²) >= 11 is 0. The van der Waals surface area contributed by atoms with E-state index in [9.17, 15) is 18.4 Å². The zero-order chi connectivity index (χ0) is 21.3. The molecule has 1 amide bonds. The van der Waals surface area contributed by atoms with E-state index in [1.165, 1.54) is 13.2 Å². The number of nitrogens with one attached hydrogen (secondary N) is 1. The second-order valence-electron chi connectivity index (χ2n) is 6.49. The lowest BCUT2D eigenvalue weighted by atomic mass is 10.1. The van der Waals surface area contributed by atoms with Gasteiger partial charge in [-0.05, 0) is 54.6 Å². The van der Waals surface area contributed by atoms with Crippen LogP contribution >= 0.6 is 0 Å². The van der Waals surface area contributed by atoms with Crippen molar-refractivity contribution < 1.29 is 22.7 Å². The van der Waals surface area contributed by atoms with E-state index in [-0.39, 0.29) is 11.0 Å². The van der Waals surface area contributed by atoms with Crippen molar-refractivity contribution >= 4 is 22.6 Å². The first-order valence-electron chi connectivity index (χ1n) is 8.93. The molecule has 3 aromatic carbocycles. The second-order valence-corrected chi connectivity index (χ2v) is 6.49. The molecule has 0 aliphatic rings. The van der Waals surface area contributed by atoms with E-state index in [4.69, 9.17) is 9.15 Å². The Kier molecular flexibility index (Phi) is 5.02. The third-order valence-corrected chi connectivity index (χ3v) is 4.54. The van der Waals surface area contributed by atoms with Crippen molar-refractivity contribution in [2.45, 2.75) is 0 Å². The van der Waals surface area contributed by atoms with Gasteiger partial charge in [0.2, 0.25) is 0 Å². The minimum Gasteiger partial charge on any atom is -0.497 e. The molecule has 150 valence electrons. The molecule has 0 unspecified atom stereocenters. The number of benzene rings is 3. The van der Waals surface area contributed by atoms with Crippen molar-refractivity contribution in [2.24, 2.45) is 0 Å². The van der Waals surface area contributed by atoms with Crippen molar-refractivity contribution in [1.29, 1.82) is 0 Å². The maximum Gasteiger partial charge on any atom is 0.258 e. The van der Waals surface area contributed by atoms with Crippen molar-refractivity contribution in [1.82, 2.24) is 0 Å². The van der Waals surface area contributed by atoms with Gasteiger partial charge in [0.25, 0.3) is 5.91 Å². The number of anilines is 1. The van der Waals surface area contributed by atoms with Crippen LogP contribution in [0.25, 0.3) is 22.3 Å². The summed E-state index contributed by atoms with van der Waals surface area (Å²) in [4.78, 5) is 24.6. The zero-order valence-electron chi connectivity index (χ0n) is 15.7. The molecule has 30 heavy (non-hydrogen) atoms. The highest BCUT2D eigenvalue weighted by atomic mass is 19.1. The Morgan fingerprint density at radius 3 is 2.43 bits per heavy atom. The van der Waals surface area contributed by atoms with E-state index in [1.54, 1.807) is 42.5 Å². The number of hydrogen-bond donors (Lipinski definition) is 1. The molecule has 1 heterocycles. The SMILES string of the molecule is COc1ccc2oc(-c3ccc(NC(=O)c4ccc(F)cc4F)cc3)cc(=O)c2c1. The van der Waals surface area contributed by atoms with E-state index in [1.807, 2.05) is 0 Å². The summed E-state index contributed by atoms with van der Waals surface area (Å²) < 4.78 is 37.7. The van der Waals surface area contributed by atoms with Gasteiger partial charge in [-0.2, -0.15) is 0 Å². The van der Waals surface area contributed by atoms with Gasteiger partial charge in [-0.3, -0.25) is 9.59 Å². The highest BCUT2D eigenvalue weighted by molar-refractivity contribution is 6.04. The van der Waals surface area contributed by atoms with Gasteiger partial charge >= 0.3 is 0 Å². The Bertz CT molecular complexity index is 1310. The molecule has 0 saturated heterocycles. The molecule has 0 atom stereocenters. The van der Waals surface area contributed by atoms with Crippen LogP contribution in [0.3, 0.4) is 0 Å². The molecule has 0 radical (unpaired) electrons. The first-order chi connectivity index (χ1) is 14.4. The lowest BCUT2D eigenvalue weighted by Crippen LogP contribution is -2.13. The molecule has 0 saturated carbocycles. The summed E-state index contributed by atoms with van der Waals surface area (Å²) in [5.74, 6) is -1.49. The normalized spacial score (nSPS) is 10.8. The highest BCUT2D eigenvalue weighted by Gasteiger charge is 2.13. The maximum atomic E-state index is 13.8. The number of halogens is 2. The van der Waals surface area contributed by atoms with Crippen LogP contribution in [-0.4, -0.2) is 13.0 Å². The Labute approximate surface area is 169 Å². The lowest BCUT2D eigenvalue weighted by molar-refractivity contribution is 0.102. The number of rotatable bonds is 4. The number of carbonyl (C=O) groups excluding carboxylic acids is 1. The Morgan fingerprint density at radius 2 is 1.73 bits per heavy atom. The molecule has 5 nitrogen and oxygen atoms in total. The van der Waals surface area contributed by atoms with Gasteiger partial charge < -0.3 is 14.5 Å². The Balaban J connectivity index is 1.59. The molecule has 0 fully saturated rings. The quantitative estimate of drug-likeness (QED) is 0.517. The van der Waals surface area contributed by atoms with Crippen LogP contribution in [0.15, 0.2) is 75.9 Å². The first kappa shape index (κ1) is 19.3. The first-order valence-corrected chi connectivity index (χ1v) is 8.93. The third-order valence-electron chi connectivity index (χ3n) is 4.54. The van der Waals surface area contributed by atoms with Crippen molar-refractivity contribution in [3.05, 3.63) is 94.2 Å². The van der Waals surface area contributed by atoms with Gasteiger partial charge in [-0.1, -0.05) is 0 Å². The average Bonchev–Trinajstić information content (AvgIpc) is 2.74. The minimum absolute atomic E-state index is 0.214. The number of carbonyl (C=O) groups is 1. The van der Waals surface area contributed by atoms with Crippen molar-refractivity contribution in [3.8, 4) is 17.1 Å². The van der Waals surface area contributed by atoms with Crippen LogP contribution in [-0.2, 0) is 0 Å². The highest BCUT2D eigenvalue weighted by Crippen LogP contribution is 2.26. The summed E-state index contributed by atoms with van der Waals surface area (Å²) in [6.07, 6.45) is 0. The summed E-state index contributed by atoms with van der Waals surface area (Å²) in [5.41, 5.74) is 0.962. The largest absolute Gasteiger partial charge is 0.497 e. The predicted octanol–water partition coefficient (Wildman–Crippen LogP) is 5.00. The van der Waals surface area contributed by atoms with E-state index < -0.39 is 17.5 Å². The monoisotopic (exact) mass is 407 g/mol. The fraction of sp³-hybridized carbons (Fsp3) is 0.0435. The van der Waals surface area contributed by atoms with Crippen molar-refractivity contribution in [2.75, 3.05) is 12.4 Å². The van der Waals surface area contributed by atoms with Crippen molar-refractivity contribution in [3.63, 3.8) is 0 Å². The van der Waals surface area contributed by atoms with E-state index in [0.29, 0.717) is 39.8 Å². The van der Waals surface area contributed by atoms with Gasteiger partial charge in [0, 0.05) is 23.4 Å². The average molecular weight is 407 g/mol. The molecule has 0 spiro atoms. The van der Waals surface area contributed by atoms with Gasteiger partial charge in [0.05, 0.1) is 18.1 Å². The van der Waals surface area contributed by atoms with Gasteiger partial charge in [0.1, 0.15) is 28.7 Å². The topological polar surface area (TPSA) is 68.5 Å². The van der Waals surface area contributed by atoms with Crippen LogP contribution in [0.1, 0.15) is 10.4 Å². The lowest BCUT2D eigenvalue weighted by Gasteiger charge is -2.08. The van der Waals surface area contributed by atoms with Gasteiger partial charge in [0.15, 0.2) is 5.43 Å². The number of methoxy groups -OCH3 is 1. The smallest absolute Gasteiger partial charge is 0.258 e. The molecular formula is C23H15F2NO4. The van der Waals surface area contributed by atoms with Crippen LogP contribution in [0.4, 0.5) is 14.5 Å². The number of ether oxygens (including phenoxy) is 1. The number of fused-ring (bicyclic) bond motifs is 1. The standard InChI is InChI=1S/C23H15F2NO4/c1-29-16-7-9-21-18(11-16)20(27)12-22(30-21)13-2-5-15(6-3-13)26-23(28)17-8-4-14(24)10-19(17)25/h2-12H,1H3,(H,26,28). The summed E-state index contributed by atoms with van der Waals surface area (Å²) in [6, 6.07) is 15.6. The molecule has 7 heteroatoms. The van der Waals surface area contributed by atoms with Crippen LogP contribution in [0, 0.1) is 11.6 Å². The molecule has 0 aliphatic carbocycles. The third kappa shape index (κ3) is 3.77. The summed E-state index contributed by atoms with van der Waals surface area (Å²) in [7, 11) is 1.52. The van der Waals surface area contributed by atoms with Crippen LogP contribution < -0.4 is 15.5 Å². The minimum atomic E-state index is -0.946. The van der Waals surface area contributed by atoms with E-state index in [0.717, 1.165) is 12.1 Å². The van der Waals surface area contributed by atoms with Crippen LogP contribution in [0.2, 0.25) is 0 Å². The maximum absolute atomic E-state index is 13.8. The number of amides is 1. The zero-order valence-corrected chi connectivity index (χ0v) is 15.7. The van der Waals surface area contributed by atoms with Gasteiger partial charge in [-0.25, -0.2) is 8.78 Å². The molecule has 1 N–H and O–H groups in total. The summed E-state index contributed by atoms with van der Waals surface area (Å²) in [5, 5.41) is 2.95. The van der Waals surface area contributed by atoms with E-state index in [2.05, 4.69) is 5.32 Å². The molecule has 0 aliphatic heterocycles. The fourth-order valence-corrected chi connectivity index (χ4v) is 2.99. The molecule has 4 aromatic rings. The second kappa shape index (κ2) is 7.79. The predicted molar refractivity (Wildman–Crippen MR) is 109 cm³/mol. The molecule has 0 bridgehead atoms. The Morgan fingerprint density at radius 1 is 0.967 bits per heavy atom. The number of hydrogen-bond acceptors (Lipinski definition) is 4.